The van der Waals surface area contributed by atoms with E-state index in [0.717, 1.165) is 30.2 Å². The summed E-state index contributed by atoms with van der Waals surface area (Å²) in [5, 5.41) is 7.59. The Morgan fingerprint density at radius 1 is 1.32 bits per heavy atom. The van der Waals surface area contributed by atoms with Crippen molar-refractivity contribution < 1.29 is 4.79 Å². The van der Waals surface area contributed by atoms with Crippen molar-refractivity contribution in [3.63, 3.8) is 0 Å². The van der Waals surface area contributed by atoms with Gasteiger partial charge in [-0.2, -0.15) is 5.10 Å². The fraction of sp³-hybridized carbons (Fsp3) is 0.562. The second-order valence-electron chi connectivity index (χ2n) is 6.06. The molecule has 0 bridgehead atoms. The molecular weight excluding hydrogens is 278 g/mol. The molecule has 0 saturated heterocycles. The number of aromatic nitrogens is 4. The molecule has 0 atom stereocenters. The lowest BCUT2D eigenvalue weighted by Crippen LogP contribution is -2.23. The molecule has 2 heterocycles. The van der Waals surface area contributed by atoms with Crippen LogP contribution in [0.1, 0.15) is 49.7 Å². The third-order valence-corrected chi connectivity index (χ3v) is 4.28. The van der Waals surface area contributed by atoms with E-state index in [4.69, 9.17) is 0 Å². The van der Waals surface area contributed by atoms with Crippen LogP contribution in [0.4, 0.5) is 5.82 Å². The molecule has 1 saturated carbocycles. The van der Waals surface area contributed by atoms with Gasteiger partial charge in [0.15, 0.2) is 0 Å². The summed E-state index contributed by atoms with van der Waals surface area (Å²) >= 11 is 0. The zero-order valence-corrected chi connectivity index (χ0v) is 13.2. The Labute approximate surface area is 130 Å². The van der Waals surface area contributed by atoms with Crippen LogP contribution in [-0.4, -0.2) is 25.2 Å². The lowest BCUT2D eigenvalue weighted by molar-refractivity contribution is -0.116. The van der Waals surface area contributed by atoms with Gasteiger partial charge in [0.2, 0.25) is 5.91 Å². The van der Waals surface area contributed by atoms with Gasteiger partial charge < -0.3 is 9.88 Å². The molecule has 0 aliphatic heterocycles. The van der Waals surface area contributed by atoms with E-state index in [1.54, 1.807) is 6.20 Å². The van der Waals surface area contributed by atoms with Gasteiger partial charge in [0.25, 0.3) is 0 Å². The Balaban J connectivity index is 1.71. The first-order valence-corrected chi connectivity index (χ1v) is 7.97. The average Bonchev–Trinajstić information content (AvgIpc) is 3.06. The molecule has 22 heavy (non-hydrogen) atoms. The minimum Gasteiger partial charge on any atom is -0.326 e. The van der Waals surface area contributed by atoms with Crippen molar-refractivity contribution in [2.75, 3.05) is 5.32 Å². The predicted octanol–water partition coefficient (Wildman–Crippen LogP) is 2.84. The summed E-state index contributed by atoms with van der Waals surface area (Å²) in [5.41, 5.74) is 0.944. The first-order valence-electron chi connectivity index (χ1n) is 7.97. The summed E-state index contributed by atoms with van der Waals surface area (Å²) in [6.07, 6.45) is 9.60. The van der Waals surface area contributed by atoms with E-state index in [1.165, 1.54) is 19.3 Å². The van der Waals surface area contributed by atoms with Crippen LogP contribution in [0.25, 0.3) is 0 Å². The van der Waals surface area contributed by atoms with Gasteiger partial charge in [-0.05, 0) is 26.7 Å². The molecule has 2 aromatic heterocycles. The van der Waals surface area contributed by atoms with Crippen LogP contribution >= 0.6 is 0 Å². The smallest absolute Gasteiger partial charge is 0.245 e. The maximum absolute atomic E-state index is 12.3. The quantitative estimate of drug-likeness (QED) is 0.944. The molecule has 1 aliphatic rings. The summed E-state index contributed by atoms with van der Waals surface area (Å²) < 4.78 is 3.84. The predicted molar refractivity (Wildman–Crippen MR) is 84.7 cm³/mol. The van der Waals surface area contributed by atoms with E-state index in [9.17, 15) is 4.79 Å². The van der Waals surface area contributed by atoms with E-state index in [-0.39, 0.29) is 12.5 Å². The van der Waals surface area contributed by atoms with E-state index < -0.39 is 0 Å². The monoisotopic (exact) mass is 301 g/mol. The first kappa shape index (κ1) is 14.8. The molecule has 1 amide bonds. The molecule has 1 fully saturated rings. The summed E-state index contributed by atoms with van der Waals surface area (Å²) in [6, 6.07) is 2.36. The Bertz CT molecular complexity index is 651. The van der Waals surface area contributed by atoms with E-state index >= 15 is 0 Å². The molecule has 3 rings (SSSR count). The van der Waals surface area contributed by atoms with Gasteiger partial charge in [-0.1, -0.05) is 19.3 Å². The third kappa shape index (κ3) is 3.21. The van der Waals surface area contributed by atoms with Crippen LogP contribution in [0.15, 0.2) is 18.5 Å². The molecule has 6 heteroatoms. The van der Waals surface area contributed by atoms with Crippen molar-refractivity contribution in [1.29, 1.82) is 0 Å². The van der Waals surface area contributed by atoms with Crippen LogP contribution in [0.2, 0.25) is 0 Å². The van der Waals surface area contributed by atoms with Crippen molar-refractivity contribution in [3.05, 3.63) is 30.0 Å². The molecule has 0 aromatic carbocycles. The first-order chi connectivity index (χ1) is 10.6. The number of hydrogen-bond donors (Lipinski definition) is 1. The molecule has 2 aromatic rings. The number of nitrogens with one attached hydrogen (secondary N) is 1. The number of anilines is 1. The number of carbonyl (C=O) groups is 1. The highest BCUT2D eigenvalue weighted by atomic mass is 16.2. The van der Waals surface area contributed by atoms with Gasteiger partial charge in [0, 0.05) is 18.5 Å². The molecular formula is C16H23N5O. The van der Waals surface area contributed by atoms with E-state index in [2.05, 4.69) is 15.4 Å². The number of carbonyl (C=O) groups excluding carboxylic acids is 1. The van der Waals surface area contributed by atoms with Crippen LogP contribution < -0.4 is 5.32 Å². The van der Waals surface area contributed by atoms with Gasteiger partial charge in [0.05, 0.1) is 11.7 Å². The maximum atomic E-state index is 12.3. The molecule has 0 spiro atoms. The third-order valence-electron chi connectivity index (χ3n) is 4.28. The van der Waals surface area contributed by atoms with E-state index in [1.807, 2.05) is 35.4 Å². The van der Waals surface area contributed by atoms with Gasteiger partial charge >= 0.3 is 0 Å². The zero-order valence-electron chi connectivity index (χ0n) is 13.2. The highest BCUT2D eigenvalue weighted by molar-refractivity contribution is 5.89. The van der Waals surface area contributed by atoms with Crippen LogP contribution in [0, 0.1) is 13.8 Å². The highest BCUT2D eigenvalue weighted by Gasteiger charge is 2.20. The molecule has 1 N–H and O–H groups in total. The second kappa shape index (κ2) is 6.34. The zero-order chi connectivity index (χ0) is 15.5. The van der Waals surface area contributed by atoms with Gasteiger partial charge in [-0.25, -0.2) is 9.67 Å². The Morgan fingerprint density at radius 2 is 2.09 bits per heavy atom. The van der Waals surface area contributed by atoms with Gasteiger partial charge in [-0.15, -0.1) is 0 Å². The number of aryl methyl sites for hydroxylation is 2. The Kier molecular flexibility index (Phi) is 4.27. The molecule has 1 aliphatic carbocycles. The number of rotatable bonds is 4. The van der Waals surface area contributed by atoms with Gasteiger partial charge in [0.1, 0.15) is 18.2 Å². The maximum Gasteiger partial charge on any atom is 0.245 e. The molecule has 0 radical (unpaired) electrons. The minimum absolute atomic E-state index is 0.0435. The SMILES string of the molecule is Cc1cc(NC(=O)Cn2ccnc2C)n(C2CCCCC2)n1. The highest BCUT2D eigenvalue weighted by Crippen LogP contribution is 2.30. The normalized spacial score (nSPS) is 15.9. The molecule has 118 valence electrons. The number of imidazole rings is 1. The number of amides is 1. The lowest BCUT2D eigenvalue weighted by Gasteiger charge is -2.24. The molecule has 6 nitrogen and oxygen atoms in total. The van der Waals surface area contributed by atoms with Gasteiger partial charge in [-0.3, -0.25) is 4.79 Å². The summed E-state index contributed by atoms with van der Waals surface area (Å²) in [7, 11) is 0. The minimum atomic E-state index is -0.0435. The standard InChI is InChI=1S/C16H23N5O/c1-12-10-15(21(19-12)14-6-4-3-5-7-14)18-16(22)11-20-9-8-17-13(20)2/h8-10,14H,3-7,11H2,1-2H3,(H,18,22). The summed E-state index contributed by atoms with van der Waals surface area (Å²) in [6.45, 7) is 4.14. The Hall–Kier alpha value is -2.11. The van der Waals surface area contributed by atoms with Crippen molar-refractivity contribution in [2.45, 2.75) is 58.5 Å². The Morgan fingerprint density at radius 3 is 2.77 bits per heavy atom. The van der Waals surface area contributed by atoms with Crippen LogP contribution in [0.3, 0.4) is 0 Å². The van der Waals surface area contributed by atoms with Crippen LogP contribution in [0.5, 0.6) is 0 Å². The van der Waals surface area contributed by atoms with Crippen molar-refractivity contribution in [1.82, 2.24) is 19.3 Å². The number of hydrogen-bond acceptors (Lipinski definition) is 3. The summed E-state index contributed by atoms with van der Waals surface area (Å²) in [5.74, 6) is 1.61. The fourth-order valence-corrected chi connectivity index (χ4v) is 3.12. The van der Waals surface area contributed by atoms with Crippen LogP contribution in [-0.2, 0) is 11.3 Å². The summed E-state index contributed by atoms with van der Waals surface area (Å²) in [4.78, 5) is 16.4. The van der Waals surface area contributed by atoms with Crippen molar-refractivity contribution in [2.24, 2.45) is 0 Å². The fourth-order valence-electron chi connectivity index (χ4n) is 3.12. The van der Waals surface area contributed by atoms with Crippen molar-refractivity contribution in [3.8, 4) is 0 Å². The topological polar surface area (TPSA) is 64.7 Å². The average molecular weight is 301 g/mol. The molecule has 0 unspecified atom stereocenters. The lowest BCUT2D eigenvalue weighted by atomic mass is 9.96. The van der Waals surface area contributed by atoms with E-state index in [0.29, 0.717) is 6.04 Å². The van der Waals surface area contributed by atoms with Crippen molar-refractivity contribution >= 4 is 11.7 Å². The largest absolute Gasteiger partial charge is 0.326 e. The second-order valence-corrected chi connectivity index (χ2v) is 6.06. The number of nitrogens with zero attached hydrogens (tertiary/aromatic N) is 4.